The van der Waals surface area contributed by atoms with Gasteiger partial charge in [0, 0.05) is 12.5 Å². The average Bonchev–Trinajstić information content (AvgIpc) is 2.21. The van der Waals surface area contributed by atoms with Crippen LogP contribution in [0.25, 0.3) is 0 Å². The lowest BCUT2D eigenvalue weighted by atomic mass is 10.00. The van der Waals surface area contributed by atoms with E-state index in [1.807, 2.05) is 0 Å². The van der Waals surface area contributed by atoms with E-state index in [2.05, 4.69) is 13.8 Å². The molecule has 2 fully saturated rings. The Morgan fingerprint density at radius 1 is 0.786 bits per heavy atom. The topological polar surface area (TPSA) is 27.7 Å². The van der Waals surface area contributed by atoms with Crippen LogP contribution in [0.15, 0.2) is 0 Å². The molecular weight excluding hydrogens is 180 g/mol. The largest absolute Gasteiger partial charge is 0.373 e. The fourth-order valence-corrected chi connectivity index (χ4v) is 1.95. The molecule has 0 saturated carbocycles. The fraction of sp³-hybridized carbons (Fsp3) is 1.00. The molecule has 2 aliphatic heterocycles. The molecule has 0 aromatic rings. The van der Waals surface area contributed by atoms with Crippen LogP contribution in [0.5, 0.6) is 0 Å². The van der Waals surface area contributed by atoms with Crippen LogP contribution in [-0.2, 0) is 14.2 Å². The SMILES string of the molecule is CC1CCC(C2OCC(C)CO2)OC1. The lowest BCUT2D eigenvalue weighted by Crippen LogP contribution is -2.43. The van der Waals surface area contributed by atoms with Gasteiger partial charge < -0.3 is 14.2 Å². The third kappa shape index (κ3) is 2.47. The Balaban J connectivity index is 1.78. The third-order valence-corrected chi connectivity index (χ3v) is 2.93. The minimum absolute atomic E-state index is 0.112. The van der Waals surface area contributed by atoms with Crippen molar-refractivity contribution >= 4 is 0 Å². The first kappa shape index (κ1) is 10.4. The summed E-state index contributed by atoms with van der Waals surface area (Å²) < 4.78 is 17.0. The first-order valence-corrected chi connectivity index (χ1v) is 5.60. The summed E-state index contributed by atoms with van der Waals surface area (Å²) >= 11 is 0. The minimum atomic E-state index is -0.112. The monoisotopic (exact) mass is 200 g/mol. The van der Waals surface area contributed by atoms with Gasteiger partial charge in [0.15, 0.2) is 6.29 Å². The molecule has 0 spiro atoms. The Bertz CT molecular complexity index is 147. The maximum absolute atomic E-state index is 5.71. The smallest absolute Gasteiger partial charge is 0.183 e. The first-order valence-electron chi connectivity index (χ1n) is 5.60. The molecule has 0 bridgehead atoms. The average molecular weight is 200 g/mol. The highest BCUT2D eigenvalue weighted by molar-refractivity contribution is 4.73. The summed E-state index contributed by atoms with van der Waals surface area (Å²) in [6, 6.07) is 0. The Hall–Kier alpha value is -0.120. The van der Waals surface area contributed by atoms with E-state index in [0.29, 0.717) is 11.8 Å². The van der Waals surface area contributed by atoms with E-state index in [1.165, 1.54) is 6.42 Å². The number of hydrogen-bond donors (Lipinski definition) is 0. The van der Waals surface area contributed by atoms with Crippen molar-refractivity contribution in [3.05, 3.63) is 0 Å². The molecule has 2 saturated heterocycles. The zero-order chi connectivity index (χ0) is 9.97. The Morgan fingerprint density at radius 2 is 1.43 bits per heavy atom. The molecule has 0 aromatic heterocycles. The van der Waals surface area contributed by atoms with Crippen molar-refractivity contribution < 1.29 is 14.2 Å². The van der Waals surface area contributed by atoms with Crippen molar-refractivity contribution in [3.63, 3.8) is 0 Å². The van der Waals surface area contributed by atoms with Crippen LogP contribution in [0.3, 0.4) is 0 Å². The summed E-state index contributed by atoms with van der Waals surface area (Å²) in [6.45, 7) is 6.82. The van der Waals surface area contributed by atoms with Crippen molar-refractivity contribution in [2.45, 2.75) is 39.1 Å². The molecule has 2 unspecified atom stereocenters. The van der Waals surface area contributed by atoms with Gasteiger partial charge in [-0.05, 0) is 18.8 Å². The van der Waals surface area contributed by atoms with E-state index < -0.39 is 0 Å². The van der Waals surface area contributed by atoms with E-state index in [-0.39, 0.29) is 12.4 Å². The first-order chi connectivity index (χ1) is 6.75. The Morgan fingerprint density at radius 3 is 2.00 bits per heavy atom. The van der Waals surface area contributed by atoms with Gasteiger partial charge in [-0.25, -0.2) is 0 Å². The molecule has 3 heteroatoms. The highest BCUT2D eigenvalue weighted by Gasteiger charge is 2.31. The van der Waals surface area contributed by atoms with Gasteiger partial charge in [-0.1, -0.05) is 13.8 Å². The summed E-state index contributed by atoms with van der Waals surface area (Å²) in [5.74, 6) is 1.21. The van der Waals surface area contributed by atoms with Gasteiger partial charge >= 0.3 is 0 Å². The van der Waals surface area contributed by atoms with Crippen LogP contribution in [0.2, 0.25) is 0 Å². The molecule has 14 heavy (non-hydrogen) atoms. The minimum Gasteiger partial charge on any atom is -0.373 e. The summed E-state index contributed by atoms with van der Waals surface area (Å²) in [5.41, 5.74) is 0. The zero-order valence-corrected chi connectivity index (χ0v) is 9.07. The van der Waals surface area contributed by atoms with Gasteiger partial charge in [0.1, 0.15) is 6.10 Å². The van der Waals surface area contributed by atoms with E-state index in [0.717, 1.165) is 26.2 Å². The molecule has 2 heterocycles. The maximum atomic E-state index is 5.71. The quantitative estimate of drug-likeness (QED) is 0.646. The van der Waals surface area contributed by atoms with Gasteiger partial charge in [0.25, 0.3) is 0 Å². The number of hydrogen-bond acceptors (Lipinski definition) is 3. The van der Waals surface area contributed by atoms with Crippen molar-refractivity contribution in [2.24, 2.45) is 11.8 Å². The summed E-state index contributed by atoms with van der Waals surface area (Å²) in [6.07, 6.45) is 2.35. The van der Waals surface area contributed by atoms with Crippen LogP contribution >= 0.6 is 0 Å². The van der Waals surface area contributed by atoms with Crippen molar-refractivity contribution in [2.75, 3.05) is 19.8 Å². The van der Waals surface area contributed by atoms with E-state index >= 15 is 0 Å². The molecule has 3 nitrogen and oxygen atoms in total. The molecular formula is C11H20O3. The van der Waals surface area contributed by atoms with Gasteiger partial charge in [-0.3, -0.25) is 0 Å². The normalized spacial score (nSPS) is 45.0. The molecule has 2 rings (SSSR count). The molecule has 0 aliphatic carbocycles. The van der Waals surface area contributed by atoms with Crippen LogP contribution in [0, 0.1) is 11.8 Å². The molecule has 2 aliphatic rings. The zero-order valence-electron chi connectivity index (χ0n) is 9.07. The summed E-state index contributed by atoms with van der Waals surface area (Å²) in [5, 5.41) is 0. The Labute approximate surface area is 85.7 Å². The fourth-order valence-electron chi connectivity index (χ4n) is 1.95. The van der Waals surface area contributed by atoms with Crippen molar-refractivity contribution in [1.82, 2.24) is 0 Å². The van der Waals surface area contributed by atoms with Crippen LogP contribution in [0.4, 0.5) is 0 Å². The highest BCUT2D eigenvalue weighted by Crippen LogP contribution is 2.24. The highest BCUT2D eigenvalue weighted by atomic mass is 16.7. The molecule has 2 atom stereocenters. The second kappa shape index (κ2) is 4.60. The van der Waals surface area contributed by atoms with Crippen molar-refractivity contribution in [3.8, 4) is 0 Å². The summed E-state index contributed by atoms with van der Waals surface area (Å²) in [4.78, 5) is 0. The molecule has 0 radical (unpaired) electrons. The van der Waals surface area contributed by atoms with E-state index in [9.17, 15) is 0 Å². The molecule has 0 amide bonds. The second-order valence-corrected chi connectivity index (χ2v) is 4.69. The lowest BCUT2D eigenvalue weighted by molar-refractivity contribution is -0.255. The van der Waals surface area contributed by atoms with Crippen molar-refractivity contribution in [1.29, 1.82) is 0 Å². The Kier molecular flexibility index (Phi) is 3.42. The maximum Gasteiger partial charge on any atom is 0.183 e. The number of rotatable bonds is 1. The predicted octanol–water partition coefficient (Wildman–Crippen LogP) is 1.81. The molecule has 0 aromatic carbocycles. The number of ether oxygens (including phenoxy) is 3. The molecule has 82 valence electrons. The standard InChI is InChI=1S/C11H20O3/c1-8-3-4-10(12-5-8)11-13-6-9(2)7-14-11/h8-11H,3-7H2,1-2H3. The summed E-state index contributed by atoms with van der Waals surface area (Å²) in [7, 11) is 0. The second-order valence-electron chi connectivity index (χ2n) is 4.69. The van der Waals surface area contributed by atoms with E-state index in [1.54, 1.807) is 0 Å². The van der Waals surface area contributed by atoms with Gasteiger partial charge in [0.2, 0.25) is 0 Å². The van der Waals surface area contributed by atoms with Crippen LogP contribution in [-0.4, -0.2) is 32.2 Å². The lowest BCUT2D eigenvalue weighted by Gasteiger charge is -2.36. The van der Waals surface area contributed by atoms with Crippen LogP contribution < -0.4 is 0 Å². The third-order valence-electron chi connectivity index (χ3n) is 2.93. The van der Waals surface area contributed by atoms with Gasteiger partial charge in [0.05, 0.1) is 13.2 Å². The predicted molar refractivity (Wildman–Crippen MR) is 53.0 cm³/mol. The van der Waals surface area contributed by atoms with E-state index in [4.69, 9.17) is 14.2 Å². The van der Waals surface area contributed by atoms with Gasteiger partial charge in [-0.2, -0.15) is 0 Å². The van der Waals surface area contributed by atoms with Gasteiger partial charge in [-0.15, -0.1) is 0 Å². The molecule has 0 N–H and O–H groups in total. The van der Waals surface area contributed by atoms with Crippen LogP contribution in [0.1, 0.15) is 26.7 Å².